The first-order chi connectivity index (χ1) is 17.8. The number of amides is 2. The molecule has 1 heterocycles. The lowest BCUT2D eigenvalue weighted by Gasteiger charge is -2.36. The number of ketones is 1. The van der Waals surface area contributed by atoms with Crippen LogP contribution in [-0.4, -0.2) is 78.7 Å². The van der Waals surface area contributed by atoms with E-state index in [2.05, 4.69) is 58.5 Å². The first-order valence-electron chi connectivity index (χ1n) is 13.8. The van der Waals surface area contributed by atoms with Crippen molar-refractivity contribution in [3.8, 4) is 0 Å². The first-order valence-corrected chi connectivity index (χ1v) is 13.8. The molecule has 2 aromatic rings. The number of nitrogens with one attached hydrogen (secondary N) is 2. The lowest BCUT2D eigenvalue weighted by atomic mass is 10.0. The Morgan fingerprint density at radius 1 is 0.919 bits per heavy atom. The van der Waals surface area contributed by atoms with Gasteiger partial charge in [0.05, 0.1) is 6.54 Å². The van der Waals surface area contributed by atoms with Gasteiger partial charge in [-0.1, -0.05) is 55.3 Å². The van der Waals surface area contributed by atoms with E-state index in [1.54, 1.807) is 6.92 Å². The molecule has 1 fully saturated rings. The number of unbranched alkanes of at least 4 members (excludes halogenated alkanes) is 2. The Balaban J connectivity index is 1.52. The summed E-state index contributed by atoms with van der Waals surface area (Å²) >= 11 is 0. The topological polar surface area (TPSA) is 81.8 Å². The van der Waals surface area contributed by atoms with E-state index in [1.807, 2.05) is 18.2 Å². The summed E-state index contributed by atoms with van der Waals surface area (Å²) in [5.74, 6) is -0.0469. The van der Waals surface area contributed by atoms with Crippen molar-refractivity contribution in [3.63, 3.8) is 0 Å². The Hall–Kier alpha value is -2.77. The highest BCUT2D eigenvalue weighted by Gasteiger charge is 2.24. The molecule has 1 saturated heterocycles. The van der Waals surface area contributed by atoms with Gasteiger partial charge in [0.15, 0.2) is 0 Å². The van der Waals surface area contributed by atoms with Crippen LogP contribution < -0.4 is 10.6 Å². The summed E-state index contributed by atoms with van der Waals surface area (Å²) in [6, 6.07) is 14.5. The number of hydrogen-bond donors (Lipinski definition) is 2. The molecule has 7 nitrogen and oxygen atoms in total. The molecule has 2 amide bonds. The van der Waals surface area contributed by atoms with Gasteiger partial charge >= 0.3 is 0 Å². The fourth-order valence-corrected chi connectivity index (χ4v) is 5.00. The Bertz CT molecular complexity index is 1030. The van der Waals surface area contributed by atoms with Gasteiger partial charge in [-0.25, -0.2) is 0 Å². The van der Waals surface area contributed by atoms with Crippen molar-refractivity contribution < 1.29 is 14.4 Å². The van der Waals surface area contributed by atoms with E-state index in [0.29, 0.717) is 32.0 Å². The van der Waals surface area contributed by atoms with E-state index in [1.165, 1.54) is 16.3 Å². The van der Waals surface area contributed by atoms with Gasteiger partial charge in [-0.05, 0) is 56.4 Å². The molecule has 37 heavy (non-hydrogen) atoms. The van der Waals surface area contributed by atoms with Crippen LogP contribution in [0, 0.1) is 0 Å². The van der Waals surface area contributed by atoms with Crippen LogP contribution in [0.2, 0.25) is 0 Å². The van der Waals surface area contributed by atoms with Crippen LogP contribution in [-0.2, 0) is 20.8 Å². The van der Waals surface area contributed by atoms with Gasteiger partial charge in [0.2, 0.25) is 11.8 Å². The Morgan fingerprint density at radius 3 is 2.38 bits per heavy atom. The van der Waals surface area contributed by atoms with Crippen molar-refractivity contribution in [2.45, 2.75) is 71.4 Å². The van der Waals surface area contributed by atoms with E-state index in [0.717, 1.165) is 51.9 Å². The molecule has 1 aliphatic heterocycles. The number of nitrogens with zero attached hydrogens (tertiary/aromatic N) is 2. The van der Waals surface area contributed by atoms with Crippen LogP contribution in [0.15, 0.2) is 42.5 Å². The Labute approximate surface area is 222 Å². The average molecular weight is 509 g/mol. The van der Waals surface area contributed by atoms with Gasteiger partial charge in [0, 0.05) is 45.2 Å². The van der Waals surface area contributed by atoms with E-state index < -0.39 is 6.04 Å². The third-order valence-electron chi connectivity index (χ3n) is 7.25. The Morgan fingerprint density at radius 2 is 1.65 bits per heavy atom. The number of rotatable bonds is 14. The van der Waals surface area contributed by atoms with Gasteiger partial charge in [-0.2, -0.15) is 0 Å². The smallest absolute Gasteiger partial charge is 0.242 e. The molecule has 2 aromatic carbocycles. The minimum Gasteiger partial charge on any atom is -0.354 e. The average Bonchev–Trinajstić information content (AvgIpc) is 2.88. The summed E-state index contributed by atoms with van der Waals surface area (Å²) in [5.41, 5.74) is 1.20. The highest BCUT2D eigenvalue weighted by atomic mass is 16.2. The summed E-state index contributed by atoms with van der Waals surface area (Å²) in [6.07, 6.45) is 4.35. The molecule has 1 atom stereocenters. The number of benzene rings is 2. The van der Waals surface area contributed by atoms with Crippen LogP contribution in [0.1, 0.15) is 58.4 Å². The molecule has 0 spiro atoms. The molecule has 3 rings (SSSR count). The predicted molar refractivity (Wildman–Crippen MR) is 150 cm³/mol. The van der Waals surface area contributed by atoms with Crippen molar-refractivity contribution in [2.75, 3.05) is 39.3 Å². The van der Waals surface area contributed by atoms with Crippen molar-refractivity contribution in [1.82, 2.24) is 20.4 Å². The maximum atomic E-state index is 13.1. The number of carbonyl (C=O) groups excluding carboxylic acids is 3. The first kappa shape index (κ1) is 28.8. The molecular weight excluding hydrogens is 464 g/mol. The molecule has 0 unspecified atom stereocenters. The second-order valence-electron chi connectivity index (χ2n) is 10.5. The van der Waals surface area contributed by atoms with Gasteiger partial charge in [-0.15, -0.1) is 0 Å². The van der Waals surface area contributed by atoms with Crippen LogP contribution in [0.5, 0.6) is 0 Å². The maximum Gasteiger partial charge on any atom is 0.242 e. The van der Waals surface area contributed by atoms with Crippen molar-refractivity contribution in [2.24, 2.45) is 0 Å². The van der Waals surface area contributed by atoms with E-state index in [-0.39, 0.29) is 17.6 Å². The maximum absolute atomic E-state index is 13.1. The van der Waals surface area contributed by atoms with Crippen molar-refractivity contribution in [1.29, 1.82) is 0 Å². The van der Waals surface area contributed by atoms with Crippen LogP contribution in [0.4, 0.5) is 0 Å². The number of Topliss-reactive ketones (excluding diaryl/α,β-unsaturated/α-hetero) is 1. The van der Waals surface area contributed by atoms with Crippen molar-refractivity contribution >= 4 is 28.4 Å². The SMILES string of the molecule is CC(=O)CCCCC[C@H](NC(=O)CN1CCN(C(C)C)CC1)C(=O)NCCc1cccc2ccccc12. The molecule has 0 aliphatic carbocycles. The minimum atomic E-state index is -0.561. The zero-order chi connectivity index (χ0) is 26.6. The minimum absolute atomic E-state index is 0.101. The summed E-state index contributed by atoms with van der Waals surface area (Å²) < 4.78 is 0. The molecule has 0 bridgehead atoms. The monoisotopic (exact) mass is 508 g/mol. The number of carbonyl (C=O) groups is 3. The highest BCUT2D eigenvalue weighted by Crippen LogP contribution is 2.18. The van der Waals surface area contributed by atoms with E-state index in [4.69, 9.17) is 0 Å². The fourth-order valence-electron chi connectivity index (χ4n) is 5.00. The zero-order valence-corrected chi connectivity index (χ0v) is 22.8. The molecule has 202 valence electrons. The highest BCUT2D eigenvalue weighted by molar-refractivity contribution is 5.88. The standard InChI is InChI=1S/C30H44N4O3/c1-23(2)34-20-18-33(19-21-34)22-29(36)32-28(15-6-4-5-10-24(3)35)30(37)31-17-16-26-13-9-12-25-11-7-8-14-27(25)26/h7-9,11-14,23,28H,4-6,10,15-22H2,1-3H3,(H,31,37)(H,32,36)/t28-/m0/s1. The van der Waals surface area contributed by atoms with Gasteiger partial charge in [0.1, 0.15) is 11.8 Å². The molecule has 0 radical (unpaired) electrons. The normalized spacial score (nSPS) is 15.6. The fraction of sp³-hybridized carbons (Fsp3) is 0.567. The third-order valence-corrected chi connectivity index (χ3v) is 7.25. The lowest BCUT2D eigenvalue weighted by Crippen LogP contribution is -2.53. The molecular formula is C30H44N4O3. The summed E-state index contributed by atoms with van der Waals surface area (Å²) in [7, 11) is 0. The quantitative estimate of drug-likeness (QED) is 0.382. The van der Waals surface area contributed by atoms with E-state index in [9.17, 15) is 14.4 Å². The lowest BCUT2D eigenvalue weighted by molar-refractivity contribution is -0.130. The molecule has 2 N–H and O–H groups in total. The van der Waals surface area contributed by atoms with Crippen LogP contribution in [0.25, 0.3) is 10.8 Å². The number of piperazine rings is 1. The summed E-state index contributed by atoms with van der Waals surface area (Å²) in [4.78, 5) is 41.8. The van der Waals surface area contributed by atoms with Crippen LogP contribution in [0.3, 0.4) is 0 Å². The second kappa shape index (κ2) is 14.8. The molecule has 1 aliphatic rings. The predicted octanol–water partition coefficient (Wildman–Crippen LogP) is 3.55. The number of hydrogen-bond acceptors (Lipinski definition) is 5. The van der Waals surface area contributed by atoms with Crippen molar-refractivity contribution in [3.05, 3.63) is 48.0 Å². The summed E-state index contributed by atoms with van der Waals surface area (Å²) in [5, 5.41) is 8.45. The van der Waals surface area contributed by atoms with Gasteiger partial charge < -0.3 is 15.4 Å². The van der Waals surface area contributed by atoms with Gasteiger partial charge in [-0.3, -0.25) is 19.4 Å². The molecule has 0 aromatic heterocycles. The molecule has 0 saturated carbocycles. The largest absolute Gasteiger partial charge is 0.354 e. The van der Waals surface area contributed by atoms with Gasteiger partial charge in [0.25, 0.3) is 0 Å². The zero-order valence-electron chi connectivity index (χ0n) is 22.8. The second-order valence-corrected chi connectivity index (χ2v) is 10.5. The molecule has 7 heteroatoms. The van der Waals surface area contributed by atoms with E-state index >= 15 is 0 Å². The van der Waals surface area contributed by atoms with Crippen LogP contribution >= 0.6 is 0 Å². The summed E-state index contributed by atoms with van der Waals surface area (Å²) in [6.45, 7) is 10.5. The number of fused-ring (bicyclic) bond motifs is 1. The Kier molecular flexibility index (Phi) is 11.5. The third kappa shape index (κ3) is 9.56.